The first-order valence-corrected chi connectivity index (χ1v) is 9.96. The third-order valence-corrected chi connectivity index (χ3v) is 5.09. The summed E-state index contributed by atoms with van der Waals surface area (Å²) in [7, 11) is 1.69. The Balaban J connectivity index is 1.82. The van der Waals surface area contributed by atoms with Crippen LogP contribution in [0.1, 0.15) is 16.7 Å². The summed E-state index contributed by atoms with van der Waals surface area (Å²) in [4.78, 5) is 0. The number of methoxy groups -OCH3 is 1. The summed E-state index contributed by atoms with van der Waals surface area (Å²) in [5, 5.41) is 0. The van der Waals surface area contributed by atoms with Crippen molar-refractivity contribution in [2.75, 3.05) is 7.11 Å². The van der Waals surface area contributed by atoms with Gasteiger partial charge in [-0.3, -0.25) is 0 Å². The van der Waals surface area contributed by atoms with E-state index in [0.717, 1.165) is 44.9 Å². The minimum absolute atomic E-state index is 0.474. The van der Waals surface area contributed by atoms with Crippen LogP contribution in [0.5, 0.6) is 11.5 Å². The molecule has 0 aliphatic heterocycles. The number of benzene rings is 4. The molecule has 0 amide bonds. The zero-order valence-corrected chi connectivity index (χ0v) is 17.0. The predicted octanol–water partition coefficient (Wildman–Crippen LogP) is 7.00. The molecule has 0 spiro atoms. The lowest BCUT2D eigenvalue weighted by atomic mass is 9.94. The van der Waals surface area contributed by atoms with Crippen LogP contribution in [0.15, 0.2) is 110 Å². The van der Waals surface area contributed by atoms with Gasteiger partial charge in [-0.25, -0.2) is 0 Å². The van der Waals surface area contributed by atoms with E-state index in [2.05, 4.69) is 49.0 Å². The molecule has 0 unspecified atom stereocenters. The second-order valence-corrected chi connectivity index (χ2v) is 7.00. The molecule has 148 valence electrons. The number of para-hydroxylation sites is 2. The third kappa shape index (κ3) is 4.13. The summed E-state index contributed by atoms with van der Waals surface area (Å²) < 4.78 is 12.1. The van der Waals surface area contributed by atoms with E-state index in [-0.39, 0.29) is 0 Å². The van der Waals surface area contributed by atoms with Crippen molar-refractivity contribution < 1.29 is 9.47 Å². The third-order valence-electron chi connectivity index (χ3n) is 5.09. The van der Waals surface area contributed by atoms with Gasteiger partial charge in [0.2, 0.25) is 0 Å². The molecule has 0 heterocycles. The normalized spacial score (nSPS) is 10.4. The maximum atomic E-state index is 6.43. The van der Waals surface area contributed by atoms with E-state index in [0.29, 0.717) is 6.61 Å². The van der Waals surface area contributed by atoms with E-state index in [1.165, 1.54) is 0 Å². The van der Waals surface area contributed by atoms with Gasteiger partial charge in [0.25, 0.3) is 0 Å². The van der Waals surface area contributed by atoms with Crippen LogP contribution in [0, 0.1) is 0 Å². The Morgan fingerprint density at radius 2 is 1.33 bits per heavy atom. The second kappa shape index (κ2) is 9.15. The molecule has 0 saturated carbocycles. The summed E-state index contributed by atoms with van der Waals surface area (Å²) in [6.45, 7) is 4.85. The second-order valence-electron chi connectivity index (χ2n) is 7.00. The van der Waals surface area contributed by atoms with Gasteiger partial charge >= 0.3 is 0 Å². The molecule has 0 aromatic heterocycles. The molecule has 30 heavy (non-hydrogen) atoms. The first-order valence-electron chi connectivity index (χ1n) is 9.96. The van der Waals surface area contributed by atoms with E-state index in [9.17, 15) is 0 Å². The standard InChI is InChI=1S/C28H24O2/c1-21(23-14-7-4-8-15-23)24-17-11-18-26(25-16-9-10-19-27(25)29-2)28(24)30-20-22-12-5-3-6-13-22/h3-19H,1,20H2,2H3. The molecule has 0 fully saturated rings. The van der Waals surface area contributed by atoms with E-state index >= 15 is 0 Å². The fourth-order valence-corrected chi connectivity index (χ4v) is 3.53. The van der Waals surface area contributed by atoms with E-state index in [1.807, 2.05) is 60.7 Å². The van der Waals surface area contributed by atoms with Gasteiger partial charge < -0.3 is 9.47 Å². The number of hydrogen-bond acceptors (Lipinski definition) is 2. The fraction of sp³-hybridized carbons (Fsp3) is 0.0714. The number of rotatable bonds is 7. The van der Waals surface area contributed by atoms with E-state index < -0.39 is 0 Å². The summed E-state index contributed by atoms with van der Waals surface area (Å²) in [5.74, 6) is 1.62. The fourth-order valence-electron chi connectivity index (χ4n) is 3.53. The van der Waals surface area contributed by atoms with Crippen molar-refractivity contribution in [1.29, 1.82) is 0 Å². The summed E-state index contributed by atoms with van der Waals surface area (Å²) >= 11 is 0. The lowest BCUT2D eigenvalue weighted by molar-refractivity contribution is 0.306. The Labute approximate surface area is 178 Å². The maximum Gasteiger partial charge on any atom is 0.135 e. The van der Waals surface area contributed by atoms with Crippen LogP contribution in [0.4, 0.5) is 0 Å². The highest BCUT2D eigenvalue weighted by Gasteiger charge is 2.17. The van der Waals surface area contributed by atoms with Crippen LogP contribution >= 0.6 is 0 Å². The molecule has 0 N–H and O–H groups in total. The van der Waals surface area contributed by atoms with Gasteiger partial charge in [0, 0.05) is 16.7 Å². The maximum absolute atomic E-state index is 6.43. The number of ether oxygens (including phenoxy) is 2. The number of hydrogen-bond donors (Lipinski definition) is 0. The highest BCUT2D eigenvalue weighted by atomic mass is 16.5. The monoisotopic (exact) mass is 392 g/mol. The van der Waals surface area contributed by atoms with Crippen molar-refractivity contribution in [3.05, 3.63) is 126 Å². The molecule has 0 bridgehead atoms. The lowest BCUT2D eigenvalue weighted by Crippen LogP contribution is -2.01. The van der Waals surface area contributed by atoms with Gasteiger partial charge in [0.1, 0.15) is 18.1 Å². The van der Waals surface area contributed by atoms with Crippen LogP contribution in [0.2, 0.25) is 0 Å². The van der Waals surface area contributed by atoms with Crippen molar-refractivity contribution in [2.45, 2.75) is 6.61 Å². The van der Waals surface area contributed by atoms with Gasteiger partial charge in [-0.15, -0.1) is 0 Å². The van der Waals surface area contributed by atoms with Crippen LogP contribution in [0.25, 0.3) is 16.7 Å². The minimum Gasteiger partial charge on any atom is -0.496 e. The minimum atomic E-state index is 0.474. The molecule has 0 aliphatic carbocycles. The van der Waals surface area contributed by atoms with Crippen LogP contribution in [0.3, 0.4) is 0 Å². The average molecular weight is 392 g/mol. The van der Waals surface area contributed by atoms with Crippen LogP contribution in [-0.2, 0) is 6.61 Å². The van der Waals surface area contributed by atoms with Gasteiger partial charge in [-0.1, -0.05) is 104 Å². The molecule has 0 aliphatic rings. The molecule has 0 radical (unpaired) electrons. The highest BCUT2D eigenvalue weighted by Crippen LogP contribution is 2.41. The van der Waals surface area contributed by atoms with Crippen molar-refractivity contribution in [3.63, 3.8) is 0 Å². The predicted molar refractivity (Wildman–Crippen MR) is 124 cm³/mol. The van der Waals surface area contributed by atoms with Crippen molar-refractivity contribution in [3.8, 4) is 22.6 Å². The molecule has 2 heteroatoms. The molecule has 0 atom stereocenters. The van der Waals surface area contributed by atoms with Gasteiger partial charge in [0.05, 0.1) is 7.11 Å². The first-order chi connectivity index (χ1) is 14.8. The smallest absolute Gasteiger partial charge is 0.135 e. The topological polar surface area (TPSA) is 18.5 Å². The molecule has 4 aromatic carbocycles. The summed E-state index contributed by atoms with van der Waals surface area (Å²) in [6.07, 6.45) is 0. The Morgan fingerprint density at radius 1 is 0.700 bits per heavy atom. The molecule has 0 saturated heterocycles. The molecule has 4 aromatic rings. The van der Waals surface area contributed by atoms with Crippen molar-refractivity contribution >= 4 is 5.57 Å². The quantitative estimate of drug-likeness (QED) is 0.337. The molecule has 2 nitrogen and oxygen atoms in total. The van der Waals surface area contributed by atoms with Crippen LogP contribution in [-0.4, -0.2) is 7.11 Å². The Kier molecular flexibility index (Phi) is 5.95. The van der Waals surface area contributed by atoms with Crippen molar-refractivity contribution in [1.82, 2.24) is 0 Å². The zero-order chi connectivity index (χ0) is 20.8. The molecular formula is C28H24O2. The Hall–Kier alpha value is -3.78. The Bertz CT molecular complexity index is 1130. The van der Waals surface area contributed by atoms with E-state index in [1.54, 1.807) is 7.11 Å². The van der Waals surface area contributed by atoms with E-state index in [4.69, 9.17) is 9.47 Å². The van der Waals surface area contributed by atoms with Crippen molar-refractivity contribution in [2.24, 2.45) is 0 Å². The SMILES string of the molecule is C=C(c1ccccc1)c1cccc(-c2ccccc2OC)c1OCc1ccccc1. The van der Waals surface area contributed by atoms with Crippen LogP contribution < -0.4 is 9.47 Å². The molecular weight excluding hydrogens is 368 g/mol. The van der Waals surface area contributed by atoms with Gasteiger partial charge in [-0.05, 0) is 22.8 Å². The zero-order valence-electron chi connectivity index (χ0n) is 17.0. The summed E-state index contributed by atoms with van der Waals surface area (Å²) in [6, 6.07) is 34.6. The Morgan fingerprint density at radius 3 is 2.07 bits per heavy atom. The lowest BCUT2D eigenvalue weighted by Gasteiger charge is -2.19. The average Bonchev–Trinajstić information content (AvgIpc) is 2.83. The summed E-state index contributed by atoms with van der Waals surface area (Å²) in [5.41, 5.74) is 6.06. The largest absolute Gasteiger partial charge is 0.496 e. The van der Waals surface area contributed by atoms with Gasteiger partial charge in [0.15, 0.2) is 0 Å². The highest BCUT2D eigenvalue weighted by molar-refractivity contribution is 5.87. The van der Waals surface area contributed by atoms with Gasteiger partial charge in [-0.2, -0.15) is 0 Å². The molecule has 4 rings (SSSR count). The first kappa shape index (κ1) is 19.5.